The van der Waals surface area contributed by atoms with Gasteiger partial charge in [0.1, 0.15) is 37.0 Å². The van der Waals surface area contributed by atoms with Gasteiger partial charge in [-0.1, -0.05) is 289 Å². The number of hydrogen-bond acceptors (Lipinski definition) is 18. The zero-order chi connectivity index (χ0) is 86.9. The summed E-state index contributed by atoms with van der Waals surface area (Å²) >= 11 is 0. The zero-order valence-electron chi connectivity index (χ0n) is 77.3. The number of hydrogen-bond donors (Lipinski definition) is 0. The van der Waals surface area contributed by atoms with Gasteiger partial charge >= 0.3 is 0 Å². The Morgan fingerprint density at radius 1 is 0.182 bits per heavy atom. The normalized spacial score (nSPS) is 8.82. The van der Waals surface area contributed by atoms with Gasteiger partial charge < -0.3 is 0 Å². The number of rotatable bonds is 10. The Bertz CT molecular complexity index is 2420. The predicted octanol–water partition coefficient (Wildman–Crippen LogP) is 27.5. The minimum Gasteiger partial charge on any atom is -0.265 e. The third-order valence-electron chi connectivity index (χ3n) is 12.2. The largest absolute Gasteiger partial charge is 0.265 e. The van der Waals surface area contributed by atoms with Gasteiger partial charge in [0.2, 0.25) is 0 Å². The number of pyridine rings is 3. The van der Waals surface area contributed by atoms with Gasteiger partial charge in [0.15, 0.2) is 0 Å². The van der Waals surface area contributed by atoms with Crippen LogP contribution >= 0.6 is 0 Å². The maximum absolute atomic E-state index is 4.18. The lowest BCUT2D eigenvalue weighted by molar-refractivity contribution is 0.759. The Morgan fingerprint density at radius 3 is 0.791 bits per heavy atom. The van der Waals surface area contributed by atoms with Gasteiger partial charge in [0.05, 0.1) is 17.6 Å². The van der Waals surface area contributed by atoms with E-state index in [1.165, 1.54) is 29.3 Å². The van der Waals surface area contributed by atoms with E-state index in [4.69, 9.17) is 0 Å². The van der Waals surface area contributed by atoms with Crippen LogP contribution in [0.2, 0.25) is 0 Å². The van der Waals surface area contributed by atoms with Crippen molar-refractivity contribution in [3.63, 3.8) is 0 Å². The topological polar surface area (TPSA) is 232 Å². The summed E-state index contributed by atoms with van der Waals surface area (Å²) < 4.78 is 0. The van der Waals surface area contributed by atoms with Crippen LogP contribution in [-0.4, -0.2) is 90.2 Å². The van der Waals surface area contributed by atoms with Crippen molar-refractivity contribution in [3.8, 4) is 0 Å². The molecule has 0 fully saturated rings. The lowest BCUT2D eigenvalue weighted by Gasteiger charge is -2.01. The van der Waals surface area contributed by atoms with Crippen LogP contribution < -0.4 is 0 Å². The van der Waals surface area contributed by atoms with Crippen LogP contribution in [0.15, 0.2) is 197 Å². The lowest BCUT2D eigenvalue weighted by Crippen LogP contribution is -1.95. The zero-order valence-corrected chi connectivity index (χ0v) is 77.3. The molecule has 0 aliphatic carbocycles. The Kier molecular flexibility index (Phi) is 106. The molecule has 0 unspecified atom stereocenters. The molecule has 0 amide bonds. The van der Waals surface area contributed by atoms with E-state index in [1.54, 1.807) is 80.8 Å². The Hall–Kier alpha value is -9.06. The molecular formula is C92H162N18. The summed E-state index contributed by atoms with van der Waals surface area (Å²) in [6.45, 7) is 82.4. The fourth-order valence-electron chi connectivity index (χ4n) is 6.50. The van der Waals surface area contributed by atoms with Gasteiger partial charge in [-0.15, -0.1) is 0 Å². The highest BCUT2D eigenvalue weighted by Gasteiger charge is 2.02. The highest BCUT2D eigenvalue weighted by molar-refractivity contribution is 5.14. The van der Waals surface area contributed by atoms with Gasteiger partial charge in [0, 0.05) is 116 Å². The fraction of sp³-hybridized carbons (Fsp3) is 0.543. The third-order valence-corrected chi connectivity index (χ3v) is 12.2. The van der Waals surface area contributed by atoms with E-state index in [9.17, 15) is 0 Å². The van der Waals surface area contributed by atoms with Crippen molar-refractivity contribution in [2.24, 2.45) is 0 Å². The minimum atomic E-state index is 0.396. The van der Waals surface area contributed by atoms with Gasteiger partial charge in [-0.2, -0.15) is 20.4 Å². The van der Waals surface area contributed by atoms with Crippen LogP contribution in [0.3, 0.4) is 0 Å². The van der Waals surface area contributed by atoms with Gasteiger partial charge in [-0.3, -0.25) is 24.9 Å². The van der Waals surface area contributed by atoms with Gasteiger partial charge in [0.25, 0.3) is 0 Å². The van der Waals surface area contributed by atoms with Crippen molar-refractivity contribution in [3.05, 3.63) is 254 Å². The molecule has 10 rings (SSSR count). The molecule has 0 bridgehead atoms. The smallest absolute Gasteiger partial charge is 0.134 e. The van der Waals surface area contributed by atoms with Crippen molar-refractivity contribution < 1.29 is 0 Å². The van der Waals surface area contributed by atoms with E-state index in [-0.39, 0.29) is 0 Å². The van der Waals surface area contributed by atoms with E-state index in [0.29, 0.717) is 59.2 Å². The molecule has 0 atom stereocenters. The van der Waals surface area contributed by atoms with Crippen molar-refractivity contribution in [2.75, 3.05) is 0 Å². The minimum absolute atomic E-state index is 0.396. The first-order valence-corrected chi connectivity index (χ1v) is 41.0. The van der Waals surface area contributed by atoms with E-state index in [0.717, 1.165) is 40.1 Å². The molecule has 18 nitrogen and oxygen atoms in total. The molecule has 0 saturated heterocycles. The van der Waals surface area contributed by atoms with Gasteiger partial charge in [-0.05, 0) is 131 Å². The summed E-state index contributed by atoms with van der Waals surface area (Å²) in [7, 11) is 0. The first-order chi connectivity index (χ1) is 53.0. The summed E-state index contributed by atoms with van der Waals surface area (Å²) in [5.41, 5.74) is 9.37. The monoisotopic (exact) mass is 1520 g/mol. The number of nitrogens with zero attached hydrogens (tertiary/aromatic N) is 18. The lowest BCUT2D eigenvalue weighted by atomic mass is 10.1. The van der Waals surface area contributed by atoms with Crippen molar-refractivity contribution in [1.29, 1.82) is 0 Å². The van der Waals surface area contributed by atoms with Crippen LogP contribution in [0.4, 0.5) is 0 Å². The van der Waals surface area contributed by atoms with Crippen LogP contribution in [0.1, 0.15) is 393 Å². The van der Waals surface area contributed by atoms with E-state index in [2.05, 4.69) is 235 Å². The molecule has 10 aromatic heterocycles. The molecule has 0 aromatic carbocycles. The second kappa shape index (κ2) is 96.0. The molecule has 18 heteroatoms. The first-order valence-electron chi connectivity index (χ1n) is 41.0. The Morgan fingerprint density at radius 2 is 0.545 bits per heavy atom. The molecule has 0 N–H and O–H groups in total. The quantitative estimate of drug-likeness (QED) is 0.124. The average molecular weight is 1520 g/mol. The molecule has 0 aliphatic rings. The predicted molar refractivity (Wildman–Crippen MR) is 479 cm³/mol. The molecule has 110 heavy (non-hydrogen) atoms. The van der Waals surface area contributed by atoms with Gasteiger partial charge in [-0.25, -0.2) is 44.9 Å². The highest BCUT2D eigenvalue weighted by atomic mass is 15.1. The average Bonchev–Trinajstić information content (AvgIpc) is 1.12. The molecular weight excluding hydrogens is 1360 g/mol. The maximum Gasteiger partial charge on any atom is 0.134 e. The SMILES string of the molecule is CC.CC.CC.CC.CC.CC.CC.CC.CC.CC.CC(C)c1ccccn1.CC(C)c1cccnc1.CC(C)c1cccnn1.CC(C)c1ccncc1.CC(C)c1ccncn1.CC(C)c1ccncn1.CC(C)c1ccnnc1.CC(C)c1cnccn1.CC(C)c1ncccn1.CC(C)c1ncncn1. The van der Waals surface area contributed by atoms with E-state index < -0.39 is 0 Å². The van der Waals surface area contributed by atoms with Crippen molar-refractivity contribution in [1.82, 2.24) is 90.2 Å². The third kappa shape index (κ3) is 77.1. The van der Waals surface area contributed by atoms with Crippen LogP contribution in [0.5, 0.6) is 0 Å². The molecule has 10 heterocycles. The summed E-state index contributed by atoms with van der Waals surface area (Å²) in [6.07, 6.45) is 32.8. The Balaban J connectivity index is -0.000000123. The second-order valence-electron chi connectivity index (χ2n) is 23.2. The van der Waals surface area contributed by atoms with E-state index >= 15 is 0 Å². The summed E-state index contributed by atoms with van der Waals surface area (Å²) in [5.74, 6) is 6.90. The molecule has 0 aliphatic heterocycles. The van der Waals surface area contributed by atoms with Crippen molar-refractivity contribution >= 4 is 0 Å². The van der Waals surface area contributed by atoms with Crippen LogP contribution in [0, 0.1) is 0 Å². The standard InChI is InChI=1S/3C8H11N.6C7H10N2.C6H9N3.10C2H6/c1-7(2)8-3-5-9-6-4-8;1-7(2)8-4-3-5-9-6-8;1-7(2)8-5-3-4-6-9-8;1-6(2)7-5-8-3-4-9-7;2*1-6(2)7-3-4-8-5-9-7;1-6(2)7-3-4-8-9-5-7;1-6(2)7-8-4-3-5-9-7;1-6(2)7-4-3-5-8-9-7;1-5(2)6-8-3-7-4-9-6;10*1-2/h3*3-7H,1-2H3;6*3-6H,1-2H3;3-5H,1-2H3;10*1-2H3. The molecule has 0 spiro atoms. The first kappa shape index (κ1) is 122. The second-order valence-corrected chi connectivity index (χ2v) is 23.2. The maximum atomic E-state index is 4.18. The molecule has 0 radical (unpaired) electrons. The van der Waals surface area contributed by atoms with Crippen LogP contribution in [0.25, 0.3) is 0 Å². The fourth-order valence-corrected chi connectivity index (χ4v) is 6.50. The summed E-state index contributed by atoms with van der Waals surface area (Å²) in [4.78, 5) is 55.7. The van der Waals surface area contributed by atoms with E-state index in [1.807, 2.05) is 236 Å². The number of aromatic nitrogens is 18. The molecule has 0 saturated carbocycles. The highest BCUT2D eigenvalue weighted by Crippen LogP contribution is 2.14. The Labute approximate surface area is 676 Å². The molecule has 620 valence electrons. The van der Waals surface area contributed by atoms with Crippen molar-refractivity contribution in [2.45, 2.75) is 336 Å². The molecule has 10 aromatic rings. The summed E-state index contributed by atoms with van der Waals surface area (Å²) in [5, 5.41) is 15.1. The van der Waals surface area contributed by atoms with Crippen LogP contribution in [-0.2, 0) is 0 Å². The summed E-state index contributed by atoms with van der Waals surface area (Å²) in [6, 6.07) is 25.7.